The Morgan fingerprint density at radius 1 is 1.38 bits per heavy atom. The Hall–Kier alpha value is -1.44. The molecule has 6 nitrogen and oxygen atoms in total. The standard InChI is InChI=1S/C14H23N5OS/c1-4-10-7-11-12(16-5-6-20-8-9(2)3)17-14(19-15)18-13(11)21-10/h7,9H,4-6,8,15H2,1-3H3,(H2,16,17,18,19). The van der Waals surface area contributed by atoms with Crippen molar-refractivity contribution >= 4 is 33.3 Å². The number of nitrogens with two attached hydrogens (primary N) is 1. The summed E-state index contributed by atoms with van der Waals surface area (Å²) >= 11 is 1.67. The second-order valence-electron chi connectivity index (χ2n) is 5.22. The minimum atomic E-state index is 0.428. The summed E-state index contributed by atoms with van der Waals surface area (Å²) in [5.41, 5.74) is 2.52. The fraction of sp³-hybridized carbons (Fsp3) is 0.571. The van der Waals surface area contributed by atoms with Crippen molar-refractivity contribution in [1.29, 1.82) is 0 Å². The highest BCUT2D eigenvalue weighted by Crippen LogP contribution is 2.30. The van der Waals surface area contributed by atoms with Gasteiger partial charge in [0.05, 0.1) is 12.0 Å². The number of anilines is 2. The summed E-state index contributed by atoms with van der Waals surface area (Å²) in [6, 6.07) is 2.14. The number of hydrazine groups is 1. The van der Waals surface area contributed by atoms with Crippen LogP contribution >= 0.6 is 11.3 Å². The summed E-state index contributed by atoms with van der Waals surface area (Å²) in [5.74, 6) is 7.22. The Balaban J connectivity index is 2.08. The molecule has 0 radical (unpaired) electrons. The molecule has 0 aliphatic carbocycles. The van der Waals surface area contributed by atoms with Crippen LogP contribution in [-0.2, 0) is 11.2 Å². The summed E-state index contributed by atoms with van der Waals surface area (Å²) in [5, 5.41) is 4.35. The molecule has 116 valence electrons. The summed E-state index contributed by atoms with van der Waals surface area (Å²) in [6.07, 6.45) is 0.989. The molecular weight excluding hydrogens is 286 g/mol. The molecule has 2 aromatic rings. The number of ether oxygens (including phenoxy) is 1. The van der Waals surface area contributed by atoms with Gasteiger partial charge in [-0.3, -0.25) is 5.43 Å². The lowest BCUT2D eigenvalue weighted by Gasteiger charge is -2.10. The number of nitrogens with zero attached hydrogens (tertiary/aromatic N) is 2. The molecular formula is C14H23N5OS. The summed E-state index contributed by atoms with van der Waals surface area (Å²) in [6.45, 7) is 8.54. The predicted molar refractivity (Wildman–Crippen MR) is 88.7 cm³/mol. The number of nitrogens with one attached hydrogen (secondary N) is 2. The molecule has 0 saturated heterocycles. The SMILES string of the molecule is CCc1cc2c(NCCOCC(C)C)nc(NN)nc2s1. The molecule has 7 heteroatoms. The van der Waals surface area contributed by atoms with Gasteiger partial charge in [-0.2, -0.15) is 4.98 Å². The lowest BCUT2D eigenvalue weighted by Crippen LogP contribution is -2.15. The highest BCUT2D eigenvalue weighted by atomic mass is 32.1. The molecule has 0 unspecified atom stereocenters. The predicted octanol–water partition coefficient (Wildman–Crippen LogP) is 2.62. The van der Waals surface area contributed by atoms with Gasteiger partial charge in [-0.25, -0.2) is 10.8 Å². The molecule has 0 atom stereocenters. The third kappa shape index (κ3) is 4.26. The topological polar surface area (TPSA) is 85.1 Å². The zero-order valence-corrected chi connectivity index (χ0v) is 13.6. The van der Waals surface area contributed by atoms with Crippen molar-refractivity contribution < 1.29 is 4.74 Å². The van der Waals surface area contributed by atoms with Gasteiger partial charge >= 0.3 is 0 Å². The molecule has 0 spiro atoms. The van der Waals surface area contributed by atoms with E-state index in [2.05, 4.69) is 47.5 Å². The van der Waals surface area contributed by atoms with E-state index in [0.717, 1.165) is 29.1 Å². The molecule has 0 fully saturated rings. The number of hydrogen-bond donors (Lipinski definition) is 3. The van der Waals surface area contributed by atoms with Gasteiger partial charge in [-0.15, -0.1) is 11.3 Å². The Kier molecular flexibility index (Phi) is 5.72. The zero-order valence-electron chi connectivity index (χ0n) is 12.8. The quantitative estimate of drug-likeness (QED) is 0.395. The van der Waals surface area contributed by atoms with Crippen molar-refractivity contribution in [3.05, 3.63) is 10.9 Å². The van der Waals surface area contributed by atoms with E-state index in [9.17, 15) is 0 Å². The van der Waals surface area contributed by atoms with Crippen LogP contribution in [0.25, 0.3) is 10.2 Å². The first-order valence-corrected chi connectivity index (χ1v) is 8.04. The van der Waals surface area contributed by atoms with Gasteiger partial charge in [0, 0.05) is 18.0 Å². The smallest absolute Gasteiger partial charge is 0.240 e. The van der Waals surface area contributed by atoms with E-state index in [4.69, 9.17) is 10.6 Å². The third-order valence-corrected chi connectivity index (χ3v) is 4.08. The molecule has 0 aliphatic heterocycles. The lowest BCUT2D eigenvalue weighted by molar-refractivity contribution is 0.118. The molecule has 2 aromatic heterocycles. The first kappa shape index (κ1) is 15.9. The second-order valence-corrected chi connectivity index (χ2v) is 6.34. The maximum absolute atomic E-state index is 5.57. The van der Waals surface area contributed by atoms with Gasteiger partial charge in [-0.05, 0) is 18.4 Å². The van der Waals surface area contributed by atoms with Crippen LogP contribution in [0.4, 0.5) is 11.8 Å². The van der Waals surface area contributed by atoms with Crippen LogP contribution in [-0.4, -0.2) is 29.7 Å². The number of nitrogen functional groups attached to an aromatic ring is 1. The van der Waals surface area contributed by atoms with Crippen LogP contribution in [0, 0.1) is 5.92 Å². The Labute approximate surface area is 129 Å². The van der Waals surface area contributed by atoms with Crippen molar-refractivity contribution in [2.24, 2.45) is 11.8 Å². The van der Waals surface area contributed by atoms with Gasteiger partial charge in [0.25, 0.3) is 0 Å². The number of aromatic nitrogens is 2. The summed E-state index contributed by atoms with van der Waals surface area (Å²) in [7, 11) is 0. The van der Waals surface area contributed by atoms with Crippen molar-refractivity contribution in [1.82, 2.24) is 9.97 Å². The van der Waals surface area contributed by atoms with Crippen LogP contribution in [0.15, 0.2) is 6.07 Å². The molecule has 0 aromatic carbocycles. The van der Waals surface area contributed by atoms with Crippen LogP contribution in [0.3, 0.4) is 0 Å². The average Bonchev–Trinajstić information content (AvgIpc) is 2.89. The van der Waals surface area contributed by atoms with Gasteiger partial charge in [0.15, 0.2) is 0 Å². The molecule has 0 bridgehead atoms. The van der Waals surface area contributed by atoms with Crippen LogP contribution < -0.4 is 16.6 Å². The van der Waals surface area contributed by atoms with Crippen molar-refractivity contribution in [3.63, 3.8) is 0 Å². The van der Waals surface area contributed by atoms with Crippen molar-refractivity contribution in [2.75, 3.05) is 30.5 Å². The maximum Gasteiger partial charge on any atom is 0.240 e. The molecule has 2 rings (SSSR count). The largest absolute Gasteiger partial charge is 0.379 e. The Bertz CT molecular complexity index is 584. The molecule has 0 aliphatic rings. The van der Waals surface area contributed by atoms with Gasteiger partial charge in [-0.1, -0.05) is 20.8 Å². The zero-order chi connectivity index (χ0) is 15.2. The van der Waals surface area contributed by atoms with Crippen molar-refractivity contribution in [3.8, 4) is 0 Å². The minimum Gasteiger partial charge on any atom is -0.379 e. The molecule has 4 N–H and O–H groups in total. The Morgan fingerprint density at radius 2 is 2.19 bits per heavy atom. The van der Waals surface area contributed by atoms with Crippen molar-refractivity contribution in [2.45, 2.75) is 27.2 Å². The maximum atomic E-state index is 5.57. The average molecular weight is 309 g/mol. The highest BCUT2D eigenvalue weighted by molar-refractivity contribution is 7.18. The molecule has 2 heterocycles. The van der Waals surface area contributed by atoms with Gasteiger partial charge in [0.1, 0.15) is 10.6 Å². The number of aryl methyl sites for hydroxylation is 1. The first-order valence-electron chi connectivity index (χ1n) is 7.22. The van der Waals surface area contributed by atoms with E-state index < -0.39 is 0 Å². The fourth-order valence-corrected chi connectivity index (χ4v) is 2.87. The van der Waals surface area contributed by atoms with Gasteiger partial charge < -0.3 is 10.1 Å². The fourth-order valence-electron chi connectivity index (χ4n) is 1.91. The number of rotatable bonds is 8. The number of thiophene rings is 1. The third-order valence-electron chi connectivity index (χ3n) is 2.91. The van der Waals surface area contributed by atoms with Crippen LogP contribution in [0.1, 0.15) is 25.6 Å². The van der Waals surface area contributed by atoms with E-state index in [1.54, 1.807) is 11.3 Å². The van der Waals surface area contributed by atoms with Crippen LogP contribution in [0.5, 0.6) is 0 Å². The normalized spacial score (nSPS) is 11.3. The van der Waals surface area contributed by atoms with Gasteiger partial charge in [0.2, 0.25) is 5.95 Å². The van der Waals surface area contributed by atoms with E-state index in [1.807, 2.05) is 0 Å². The minimum absolute atomic E-state index is 0.428. The van der Waals surface area contributed by atoms with E-state index in [-0.39, 0.29) is 0 Å². The monoisotopic (exact) mass is 309 g/mol. The van der Waals surface area contributed by atoms with E-state index in [1.165, 1.54) is 4.88 Å². The molecule has 21 heavy (non-hydrogen) atoms. The lowest BCUT2D eigenvalue weighted by atomic mass is 10.2. The van der Waals surface area contributed by atoms with E-state index in [0.29, 0.717) is 25.0 Å². The molecule has 0 saturated carbocycles. The number of hydrogen-bond acceptors (Lipinski definition) is 7. The van der Waals surface area contributed by atoms with Crippen LogP contribution in [0.2, 0.25) is 0 Å². The number of fused-ring (bicyclic) bond motifs is 1. The summed E-state index contributed by atoms with van der Waals surface area (Å²) < 4.78 is 5.57. The summed E-state index contributed by atoms with van der Waals surface area (Å²) in [4.78, 5) is 11.0. The second kappa shape index (κ2) is 7.53. The van der Waals surface area contributed by atoms with E-state index >= 15 is 0 Å². The highest BCUT2D eigenvalue weighted by Gasteiger charge is 2.10. The Morgan fingerprint density at radius 3 is 2.86 bits per heavy atom. The molecule has 0 amide bonds. The first-order chi connectivity index (χ1) is 10.1.